The normalized spacial score (nSPS) is 11.5. The molecule has 0 saturated carbocycles. The molecule has 0 heterocycles. The fourth-order valence-electron chi connectivity index (χ4n) is 1.09. The van der Waals surface area contributed by atoms with Crippen LogP contribution in [0.3, 0.4) is 0 Å². The number of hydrogen-bond acceptors (Lipinski definition) is 3. The first kappa shape index (κ1) is 14.4. The van der Waals surface area contributed by atoms with Crippen LogP contribution in [0.25, 0.3) is 0 Å². The first-order valence-electron chi connectivity index (χ1n) is 5.75. The third-order valence-electron chi connectivity index (χ3n) is 1.87. The molecule has 0 N–H and O–H groups in total. The van der Waals surface area contributed by atoms with Crippen LogP contribution in [-0.4, -0.2) is 24.8 Å². The molecule has 0 aliphatic heterocycles. The monoisotopic (exact) mass is 216 g/mol. The van der Waals surface area contributed by atoms with Crippen LogP contribution in [-0.2, 0) is 14.3 Å². The molecule has 0 aromatic rings. The molecule has 0 aliphatic carbocycles. The van der Waals surface area contributed by atoms with Crippen molar-refractivity contribution in [3.63, 3.8) is 0 Å². The highest BCUT2D eigenvalue weighted by Crippen LogP contribution is 2.06. The van der Waals surface area contributed by atoms with Crippen LogP contribution in [0.5, 0.6) is 0 Å². The third-order valence-corrected chi connectivity index (χ3v) is 1.87. The van der Waals surface area contributed by atoms with Crippen LogP contribution in [0, 0.1) is 0 Å². The summed E-state index contributed by atoms with van der Waals surface area (Å²) < 4.78 is 10.4. The molecule has 0 saturated heterocycles. The molecule has 0 bridgehead atoms. The molecule has 0 unspecified atom stereocenters. The fourth-order valence-corrected chi connectivity index (χ4v) is 1.09. The lowest BCUT2D eigenvalue weighted by atomic mass is 10.2. The molecule has 0 rings (SSSR count). The van der Waals surface area contributed by atoms with Gasteiger partial charge in [0.15, 0.2) is 0 Å². The molecule has 90 valence electrons. The lowest BCUT2D eigenvalue weighted by Gasteiger charge is -2.19. The Kier molecular flexibility index (Phi) is 7.39. The molecule has 0 aromatic carbocycles. The Balaban J connectivity index is 3.32. The highest BCUT2D eigenvalue weighted by atomic mass is 16.6. The van der Waals surface area contributed by atoms with Gasteiger partial charge in [0.2, 0.25) is 0 Å². The van der Waals surface area contributed by atoms with Gasteiger partial charge in [-0.3, -0.25) is 4.79 Å². The van der Waals surface area contributed by atoms with Gasteiger partial charge >= 0.3 is 5.97 Å². The highest BCUT2D eigenvalue weighted by molar-refractivity contribution is 5.69. The van der Waals surface area contributed by atoms with Crippen molar-refractivity contribution in [2.75, 3.05) is 13.2 Å². The molecular weight excluding hydrogens is 192 g/mol. The Hall–Kier alpha value is -0.570. The molecule has 0 aromatic heterocycles. The average molecular weight is 216 g/mol. The number of unbranched alkanes of at least 4 members (excludes halogenated alkanes) is 2. The maximum absolute atomic E-state index is 11.2. The van der Waals surface area contributed by atoms with Gasteiger partial charge in [-0.1, -0.05) is 19.8 Å². The molecule has 0 fully saturated rings. The van der Waals surface area contributed by atoms with Crippen molar-refractivity contribution < 1.29 is 14.3 Å². The van der Waals surface area contributed by atoms with Gasteiger partial charge in [-0.15, -0.1) is 0 Å². The predicted molar refractivity (Wildman–Crippen MR) is 60.8 cm³/mol. The lowest BCUT2D eigenvalue weighted by molar-refractivity contribution is -0.147. The van der Waals surface area contributed by atoms with E-state index in [0.29, 0.717) is 19.6 Å². The van der Waals surface area contributed by atoms with Crippen LogP contribution >= 0.6 is 0 Å². The molecule has 0 aliphatic rings. The number of hydrogen-bond donors (Lipinski definition) is 0. The first-order valence-corrected chi connectivity index (χ1v) is 5.75. The molecule has 3 nitrogen and oxygen atoms in total. The van der Waals surface area contributed by atoms with Crippen molar-refractivity contribution in [1.82, 2.24) is 0 Å². The summed E-state index contributed by atoms with van der Waals surface area (Å²) in [5, 5.41) is 0. The quantitative estimate of drug-likeness (QED) is 0.485. The van der Waals surface area contributed by atoms with E-state index in [1.165, 1.54) is 0 Å². The van der Waals surface area contributed by atoms with Gasteiger partial charge in [-0.25, -0.2) is 0 Å². The third kappa shape index (κ3) is 11.4. The van der Waals surface area contributed by atoms with Crippen LogP contribution < -0.4 is 0 Å². The van der Waals surface area contributed by atoms with Gasteiger partial charge in [0, 0.05) is 6.42 Å². The van der Waals surface area contributed by atoms with Crippen LogP contribution in [0.2, 0.25) is 0 Å². The number of esters is 1. The molecule has 0 spiro atoms. The minimum Gasteiger partial charge on any atom is -0.463 e. The molecule has 3 heteroatoms. The SMILES string of the molecule is CCCCCC(=O)OCCOC(C)(C)C. The highest BCUT2D eigenvalue weighted by Gasteiger charge is 2.10. The van der Waals surface area contributed by atoms with Crippen molar-refractivity contribution in [3.8, 4) is 0 Å². The molecule has 0 amide bonds. The molecule has 0 atom stereocenters. The van der Waals surface area contributed by atoms with Gasteiger partial charge < -0.3 is 9.47 Å². The minimum atomic E-state index is -0.158. The summed E-state index contributed by atoms with van der Waals surface area (Å²) in [5.41, 5.74) is -0.158. The second-order valence-electron chi connectivity index (χ2n) is 4.64. The van der Waals surface area contributed by atoms with Gasteiger partial charge in [-0.05, 0) is 27.2 Å². The molecular formula is C12H24O3. The largest absolute Gasteiger partial charge is 0.463 e. The zero-order valence-corrected chi connectivity index (χ0v) is 10.5. The van der Waals surface area contributed by atoms with Crippen LogP contribution in [0.1, 0.15) is 53.4 Å². The van der Waals surface area contributed by atoms with Crippen LogP contribution in [0.4, 0.5) is 0 Å². The number of carbonyl (C=O) groups excluding carboxylic acids is 1. The van der Waals surface area contributed by atoms with E-state index in [1.807, 2.05) is 20.8 Å². The van der Waals surface area contributed by atoms with E-state index < -0.39 is 0 Å². The van der Waals surface area contributed by atoms with Crippen LogP contribution in [0.15, 0.2) is 0 Å². The smallest absolute Gasteiger partial charge is 0.305 e. The Morgan fingerprint density at radius 1 is 1.13 bits per heavy atom. The first-order chi connectivity index (χ1) is 6.95. The maximum atomic E-state index is 11.2. The van der Waals surface area contributed by atoms with E-state index in [-0.39, 0.29) is 11.6 Å². The van der Waals surface area contributed by atoms with Crippen molar-refractivity contribution in [3.05, 3.63) is 0 Å². The van der Waals surface area contributed by atoms with Crippen molar-refractivity contribution in [2.24, 2.45) is 0 Å². The summed E-state index contributed by atoms with van der Waals surface area (Å²) in [7, 11) is 0. The lowest BCUT2D eigenvalue weighted by Crippen LogP contribution is -2.22. The summed E-state index contributed by atoms with van der Waals surface area (Å²) in [4.78, 5) is 11.2. The second-order valence-corrected chi connectivity index (χ2v) is 4.64. The van der Waals surface area contributed by atoms with Crippen molar-refractivity contribution in [1.29, 1.82) is 0 Å². The van der Waals surface area contributed by atoms with E-state index in [4.69, 9.17) is 9.47 Å². The second kappa shape index (κ2) is 7.69. The minimum absolute atomic E-state index is 0.110. The topological polar surface area (TPSA) is 35.5 Å². The fraction of sp³-hybridized carbons (Fsp3) is 0.917. The summed E-state index contributed by atoms with van der Waals surface area (Å²) in [6.07, 6.45) is 3.67. The van der Waals surface area contributed by atoms with Gasteiger partial charge in [0.1, 0.15) is 6.61 Å². The Morgan fingerprint density at radius 3 is 2.33 bits per heavy atom. The van der Waals surface area contributed by atoms with E-state index in [2.05, 4.69) is 6.92 Å². The zero-order valence-electron chi connectivity index (χ0n) is 10.5. The Labute approximate surface area is 93.1 Å². The van der Waals surface area contributed by atoms with Crippen molar-refractivity contribution in [2.45, 2.75) is 59.0 Å². The van der Waals surface area contributed by atoms with Gasteiger partial charge in [-0.2, -0.15) is 0 Å². The number of rotatable bonds is 7. The van der Waals surface area contributed by atoms with E-state index in [1.54, 1.807) is 0 Å². The zero-order chi connectivity index (χ0) is 11.7. The standard InChI is InChI=1S/C12H24O3/c1-5-6-7-8-11(13)14-9-10-15-12(2,3)4/h5-10H2,1-4H3. The predicted octanol–water partition coefficient (Wildman–Crippen LogP) is 2.93. The summed E-state index contributed by atoms with van der Waals surface area (Å²) in [6, 6.07) is 0. The van der Waals surface area contributed by atoms with Crippen molar-refractivity contribution >= 4 is 5.97 Å². The Morgan fingerprint density at radius 2 is 1.80 bits per heavy atom. The van der Waals surface area contributed by atoms with E-state index >= 15 is 0 Å². The summed E-state index contributed by atoms with van der Waals surface area (Å²) >= 11 is 0. The van der Waals surface area contributed by atoms with Gasteiger partial charge in [0.05, 0.1) is 12.2 Å². The average Bonchev–Trinajstić information content (AvgIpc) is 2.11. The number of carbonyl (C=O) groups is 1. The van der Waals surface area contributed by atoms with E-state index in [9.17, 15) is 4.79 Å². The number of ether oxygens (including phenoxy) is 2. The van der Waals surface area contributed by atoms with Gasteiger partial charge in [0.25, 0.3) is 0 Å². The molecule has 15 heavy (non-hydrogen) atoms. The maximum Gasteiger partial charge on any atom is 0.305 e. The summed E-state index contributed by atoms with van der Waals surface area (Å²) in [5.74, 6) is -0.110. The molecule has 0 radical (unpaired) electrons. The van der Waals surface area contributed by atoms with E-state index in [0.717, 1.165) is 19.3 Å². The summed E-state index contributed by atoms with van der Waals surface area (Å²) in [6.45, 7) is 8.90. The Bertz CT molecular complexity index is 170.